The summed E-state index contributed by atoms with van der Waals surface area (Å²) in [5.74, 6) is -0.0497. The van der Waals surface area contributed by atoms with Crippen LogP contribution in [0.3, 0.4) is 0 Å². The lowest BCUT2D eigenvalue weighted by Crippen LogP contribution is -2.63. The third-order valence-corrected chi connectivity index (χ3v) is 6.42. The van der Waals surface area contributed by atoms with Crippen LogP contribution in [-0.2, 0) is 9.36 Å². The van der Waals surface area contributed by atoms with Gasteiger partial charge in [-0.15, -0.1) is 11.8 Å². The first kappa shape index (κ1) is 17.8. The molecule has 0 aromatic heterocycles. The SMILES string of the molecule is CC1=C(P(=O)(O)O)N2C(=O)[C@@H](/N=C/c3ccc([N+](=O)[O-])cc3)[C@H]2SC1. The number of amides is 1. The summed E-state index contributed by atoms with van der Waals surface area (Å²) >= 11 is 1.40. The zero-order valence-electron chi connectivity index (χ0n) is 13.0. The fraction of sp³-hybridized carbons (Fsp3) is 0.286. The van der Waals surface area contributed by atoms with Gasteiger partial charge in [0.25, 0.3) is 11.6 Å². The second kappa shape index (κ2) is 6.38. The van der Waals surface area contributed by atoms with Crippen molar-refractivity contribution in [3.05, 3.63) is 51.0 Å². The maximum Gasteiger partial charge on any atom is 0.372 e. The van der Waals surface area contributed by atoms with Crippen molar-refractivity contribution in [3.8, 4) is 0 Å². The molecular formula is C14H14N3O6PS. The number of thioether (sulfide) groups is 1. The van der Waals surface area contributed by atoms with Gasteiger partial charge in [-0.2, -0.15) is 0 Å². The molecule has 11 heteroatoms. The second-order valence-electron chi connectivity index (χ2n) is 5.63. The van der Waals surface area contributed by atoms with Gasteiger partial charge in [-0.25, -0.2) is 0 Å². The van der Waals surface area contributed by atoms with Crippen molar-refractivity contribution in [3.63, 3.8) is 0 Å². The van der Waals surface area contributed by atoms with Gasteiger partial charge < -0.3 is 9.79 Å². The molecule has 0 unspecified atom stereocenters. The number of rotatable bonds is 4. The molecule has 0 spiro atoms. The van der Waals surface area contributed by atoms with Crippen molar-refractivity contribution in [2.24, 2.45) is 4.99 Å². The first-order valence-corrected chi connectivity index (χ1v) is 9.84. The standard InChI is InChI=1S/C14H14N3O6PS/c1-8-7-25-14-11(12(18)16(14)13(8)24(21,22)23)15-6-9-2-4-10(5-3-9)17(19)20/h2-6,11,14H,7H2,1H3,(H2,21,22,23)/b15-6+/t11-,14-/m1/s1. The van der Waals surface area contributed by atoms with Gasteiger partial charge in [-0.05, 0) is 30.2 Å². The molecule has 25 heavy (non-hydrogen) atoms. The van der Waals surface area contributed by atoms with E-state index in [1.807, 2.05) is 0 Å². The maximum atomic E-state index is 12.3. The molecule has 1 aromatic carbocycles. The number of benzene rings is 1. The summed E-state index contributed by atoms with van der Waals surface area (Å²) in [6, 6.07) is 4.98. The molecule has 9 nitrogen and oxygen atoms in total. The van der Waals surface area contributed by atoms with Crippen LogP contribution in [0.25, 0.3) is 0 Å². The summed E-state index contributed by atoms with van der Waals surface area (Å²) in [7, 11) is -4.54. The molecule has 0 bridgehead atoms. The number of hydrogen-bond donors (Lipinski definition) is 2. The summed E-state index contributed by atoms with van der Waals surface area (Å²) in [6.45, 7) is 1.60. The Morgan fingerprint density at radius 1 is 1.40 bits per heavy atom. The number of carbonyl (C=O) groups excluding carboxylic acids is 1. The van der Waals surface area contributed by atoms with Crippen molar-refractivity contribution in [1.29, 1.82) is 0 Å². The number of non-ortho nitro benzene ring substituents is 1. The van der Waals surface area contributed by atoms with E-state index in [1.54, 1.807) is 6.92 Å². The van der Waals surface area contributed by atoms with E-state index in [-0.39, 0.29) is 11.1 Å². The molecule has 2 aliphatic heterocycles. The minimum atomic E-state index is -4.54. The van der Waals surface area contributed by atoms with Crippen LogP contribution in [0.1, 0.15) is 12.5 Å². The van der Waals surface area contributed by atoms with E-state index in [0.717, 1.165) is 4.90 Å². The van der Waals surface area contributed by atoms with Crippen LogP contribution in [0.15, 0.2) is 40.3 Å². The van der Waals surface area contributed by atoms with Crippen LogP contribution in [0, 0.1) is 10.1 Å². The highest BCUT2D eigenvalue weighted by Gasteiger charge is 2.54. The van der Waals surface area contributed by atoms with Crippen LogP contribution in [0.5, 0.6) is 0 Å². The van der Waals surface area contributed by atoms with E-state index in [4.69, 9.17) is 0 Å². The molecule has 3 rings (SSSR count). The van der Waals surface area contributed by atoms with Gasteiger partial charge in [-0.1, -0.05) is 0 Å². The first-order chi connectivity index (χ1) is 11.7. The molecule has 1 saturated heterocycles. The molecule has 0 radical (unpaired) electrons. The molecule has 0 saturated carbocycles. The Balaban J connectivity index is 1.78. The summed E-state index contributed by atoms with van der Waals surface area (Å²) in [5, 5.41) is 10.2. The van der Waals surface area contributed by atoms with Crippen molar-refractivity contribution in [1.82, 2.24) is 4.90 Å². The first-order valence-electron chi connectivity index (χ1n) is 7.18. The summed E-state index contributed by atoms with van der Waals surface area (Å²) in [6.07, 6.45) is 1.44. The number of carbonyl (C=O) groups is 1. The summed E-state index contributed by atoms with van der Waals surface area (Å²) in [4.78, 5) is 46.7. The van der Waals surface area contributed by atoms with E-state index >= 15 is 0 Å². The lowest BCUT2D eigenvalue weighted by Gasteiger charge is -2.48. The van der Waals surface area contributed by atoms with E-state index in [2.05, 4.69) is 4.99 Å². The van der Waals surface area contributed by atoms with Crippen LogP contribution >= 0.6 is 19.4 Å². The van der Waals surface area contributed by atoms with Gasteiger partial charge in [0.15, 0.2) is 6.04 Å². The number of nitro benzene ring substituents is 1. The quantitative estimate of drug-likeness (QED) is 0.266. The molecule has 2 N–H and O–H groups in total. The van der Waals surface area contributed by atoms with Crippen molar-refractivity contribution in [2.75, 3.05) is 5.75 Å². The molecule has 0 aliphatic carbocycles. The Labute approximate surface area is 146 Å². The molecule has 2 atom stereocenters. The molecule has 1 aromatic rings. The van der Waals surface area contributed by atoms with E-state index in [1.165, 1.54) is 42.2 Å². The number of fused-ring (bicyclic) bond motifs is 1. The zero-order valence-corrected chi connectivity index (χ0v) is 14.7. The fourth-order valence-corrected chi connectivity index (χ4v) is 5.24. The molecule has 132 valence electrons. The zero-order chi connectivity index (χ0) is 18.4. The lowest BCUT2D eigenvalue weighted by atomic mass is 10.1. The van der Waals surface area contributed by atoms with Gasteiger partial charge in [0.2, 0.25) is 0 Å². The number of nitrogens with zero attached hydrogens (tertiary/aromatic N) is 3. The highest BCUT2D eigenvalue weighted by molar-refractivity contribution is 8.00. The Bertz CT molecular complexity index is 847. The van der Waals surface area contributed by atoms with Gasteiger partial charge >= 0.3 is 7.60 Å². The van der Waals surface area contributed by atoms with E-state index in [9.17, 15) is 29.3 Å². The molecule has 1 fully saturated rings. The average Bonchev–Trinajstić information content (AvgIpc) is 2.54. The molecular weight excluding hydrogens is 369 g/mol. The maximum absolute atomic E-state index is 12.3. The summed E-state index contributed by atoms with van der Waals surface area (Å²) < 4.78 is 11.6. The van der Waals surface area contributed by atoms with Crippen molar-refractivity contribution in [2.45, 2.75) is 18.3 Å². The van der Waals surface area contributed by atoms with Gasteiger partial charge in [-0.3, -0.25) is 29.4 Å². The molecule has 1 amide bonds. The van der Waals surface area contributed by atoms with Crippen molar-refractivity contribution < 1.29 is 24.1 Å². The third kappa shape index (κ3) is 3.25. The van der Waals surface area contributed by atoms with Crippen LogP contribution in [-0.4, -0.2) is 48.9 Å². The van der Waals surface area contributed by atoms with Gasteiger partial charge in [0.05, 0.1) is 4.92 Å². The second-order valence-corrected chi connectivity index (χ2v) is 8.25. The Morgan fingerprint density at radius 2 is 2.04 bits per heavy atom. The Hall–Kier alpha value is -2.00. The minimum absolute atomic E-state index is 0.0437. The van der Waals surface area contributed by atoms with Gasteiger partial charge in [0, 0.05) is 24.1 Å². The largest absolute Gasteiger partial charge is 0.372 e. The predicted octanol–water partition coefficient (Wildman–Crippen LogP) is 1.71. The normalized spacial score (nSPS) is 23.6. The number of hydrogen-bond acceptors (Lipinski definition) is 6. The highest BCUT2D eigenvalue weighted by atomic mass is 32.2. The Morgan fingerprint density at radius 3 is 2.60 bits per heavy atom. The number of aliphatic imine (C=N–C) groups is 1. The monoisotopic (exact) mass is 383 g/mol. The smallest absolute Gasteiger partial charge is 0.320 e. The van der Waals surface area contributed by atoms with E-state index < -0.39 is 29.8 Å². The number of β-lactam (4-membered cyclic amide) rings is 1. The van der Waals surface area contributed by atoms with Crippen LogP contribution < -0.4 is 0 Å². The average molecular weight is 383 g/mol. The van der Waals surface area contributed by atoms with Crippen molar-refractivity contribution >= 4 is 37.2 Å². The van der Waals surface area contributed by atoms with Crippen LogP contribution in [0.2, 0.25) is 0 Å². The minimum Gasteiger partial charge on any atom is -0.320 e. The lowest BCUT2D eigenvalue weighted by molar-refractivity contribution is -0.384. The summed E-state index contributed by atoms with van der Waals surface area (Å²) in [5.41, 5.74) is 0.821. The van der Waals surface area contributed by atoms with E-state index in [0.29, 0.717) is 16.9 Å². The highest BCUT2D eigenvalue weighted by Crippen LogP contribution is 2.56. The van der Waals surface area contributed by atoms with Crippen LogP contribution in [0.4, 0.5) is 5.69 Å². The third-order valence-electron chi connectivity index (χ3n) is 3.86. The topological polar surface area (TPSA) is 133 Å². The van der Waals surface area contributed by atoms with Gasteiger partial charge in [0.1, 0.15) is 10.8 Å². The fourth-order valence-electron chi connectivity index (χ4n) is 2.69. The molecule has 2 aliphatic rings. The Kier molecular flexibility index (Phi) is 4.54. The number of nitro groups is 1. The molecule has 2 heterocycles. The predicted molar refractivity (Wildman–Crippen MR) is 92.3 cm³/mol.